The van der Waals surface area contributed by atoms with E-state index in [1.54, 1.807) is 32.4 Å². The van der Waals surface area contributed by atoms with Gasteiger partial charge in [0.2, 0.25) is 6.79 Å². The molecule has 0 bridgehead atoms. The number of Topliss-reactive ketones (excluding diaryl/α,β-unsaturated/α-hetero) is 1. The lowest BCUT2D eigenvalue weighted by Gasteiger charge is -2.13. The summed E-state index contributed by atoms with van der Waals surface area (Å²) in [4.78, 5) is 12.9. The van der Waals surface area contributed by atoms with Crippen LogP contribution in [0.5, 0.6) is 23.0 Å². The Labute approximate surface area is 200 Å². The summed E-state index contributed by atoms with van der Waals surface area (Å²) in [6, 6.07) is 20.4. The number of benzene rings is 3. The first kappa shape index (κ1) is 21.8. The first-order chi connectivity index (χ1) is 16.7. The van der Waals surface area contributed by atoms with Crippen molar-refractivity contribution >= 4 is 17.5 Å². The molecule has 0 saturated heterocycles. The van der Waals surface area contributed by atoms with Crippen LogP contribution in [0, 0.1) is 0 Å². The molecule has 1 aliphatic rings. The van der Waals surface area contributed by atoms with Gasteiger partial charge in [0.15, 0.2) is 28.3 Å². The minimum absolute atomic E-state index is 0.0496. The predicted molar refractivity (Wildman–Crippen MR) is 128 cm³/mol. The fourth-order valence-corrected chi connectivity index (χ4v) is 4.46. The summed E-state index contributed by atoms with van der Waals surface area (Å²) in [5.41, 5.74) is 2.18. The van der Waals surface area contributed by atoms with E-state index in [0.717, 1.165) is 17.0 Å². The summed E-state index contributed by atoms with van der Waals surface area (Å²) in [5.74, 6) is 3.38. The Hall–Kier alpha value is -3.98. The molecule has 0 aliphatic carbocycles. The molecule has 2 heterocycles. The number of aromatic nitrogens is 3. The summed E-state index contributed by atoms with van der Waals surface area (Å²) in [6.45, 7) is 0.165. The van der Waals surface area contributed by atoms with Gasteiger partial charge in [0, 0.05) is 5.56 Å². The lowest BCUT2D eigenvalue weighted by molar-refractivity contribution is 0.102. The Bertz CT molecular complexity index is 1340. The number of fused-ring (bicyclic) bond motifs is 1. The number of hydrogen-bond acceptors (Lipinski definition) is 8. The summed E-state index contributed by atoms with van der Waals surface area (Å²) < 4.78 is 23.5. The molecule has 0 amide bonds. The molecule has 5 rings (SSSR count). The quantitative estimate of drug-likeness (QED) is 0.269. The van der Waals surface area contributed by atoms with Crippen LogP contribution in [0.3, 0.4) is 0 Å². The molecule has 0 fully saturated rings. The van der Waals surface area contributed by atoms with Crippen molar-refractivity contribution in [2.45, 2.75) is 5.16 Å². The molecule has 9 heteroatoms. The average molecular weight is 476 g/mol. The third kappa shape index (κ3) is 4.17. The van der Waals surface area contributed by atoms with Gasteiger partial charge in [0.25, 0.3) is 0 Å². The SMILES string of the molecule is COc1ccc(-n2c(SCC(=O)c3ccc4c(c3)OCO4)nnc2-c2ccccc2OC)cc1. The summed E-state index contributed by atoms with van der Waals surface area (Å²) in [7, 11) is 3.24. The maximum absolute atomic E-state index is 12.9. The van der Waals surface area contributed by atoms with Crippen LogP contribution in [0.25, 0.3) is 17.1 Å². The Kier molecular flexibility index (Phi) is 6.09. The van der Waals surface area contributed by atoms with Crippen molar-refractivity contribution in [3.8, 4) is 40.1 Å². The van der Waals surface area contributed by atoms with Gasteiger partial charge < -0.3 is 18.9 Å². The zero-order valence-corrected chi connectivity index (χ0v) is 19.4. The molecule has 8 nitrogen and oxygen atoms in total. The minimum Gasteiger partial charge on any atom is -0.497 e. The van der Waals surface area contributed by atoms with Crippen LogP contribution >= 0.6 is 11.8 Å². The minimum atomic E-state index is -0.0496. The number of thioether (sulfide) groups is 1. The number of nitrogens with zero attached hydrogens (tertiary/aromatic N) is 3. The first-order valence-electron chi connectivity index (χ1n) is 10.5. The predicted octanol–water partition coefficient (Wildman–Crippen LogP) is 4.66. The van der Waals surface area contributed by atoms with E-state index in [2.05, 4.69) is 10.2 Å². The average Bonchev–Trinajstić information content (AvgIpc) is 3.53. The highest BCUT2D eigenvalue weighted by atomic mass is 32.2. The molecular weight excluding hydrogens is 454 g/mol. The maximum Gasteiger partial charge on any atom is 0.231 e. The van der Waals surface area contributed by atoms with E-state index in [0.29, 0.717) is 33.8 Å². The largest absolute Gasteiger partial charge is 0.497 e. The smallest absolute Gasteiger partial charge is 0.231 e. The number of hydrogen-bond donors (Lipinski definition) is 0. The van der Waals surface area contributed by atoms with Gasteiger partial charge in [-0.2, -0.15) is 0 Å². The van der Waals surface area contributed by atoms with Crippen LogP contribution in [-0.2, 0) is 0 Å². The number of ether oxygens (including phenoxy) is 4. The molecule has 0 atom stereocenters. The highest BCUT2D eigenvalue weighted by molar-refractivity contribution is 7.99. The molecule has 0 N–H and O–H groups in total. The monoisotopic (exact) mass is 475 g/mol. The number of rotatable bonds is 8. The van der Waals surface area contributed by atoms with Gasteiger partial charge in [-0.25, -0.2) is 0 Å². The van der Waals surface area contributed by atoms with Crippen LogP contribution in [0.1, 0.15) is 10.4 Å². The normalized spacial score (nSPS) is 11.9. The van der Waals surface area contributed by atoms with Crippen molar-refractivity contribution < 1.29 is 23.7 Å². The second-order valence-electron chi connectivity index (χ2n) is 7.32. The van der Waals surface area contributed by atoms with Gasteiger partial charge in [-0.05, 0) is 54.6 Å². The van der Waals surface area contributed by atoms with E-state index < -0.39 is 0 Å². The fraction of sp³-hybridized carbons (Fsp3) is 0.160. The van der Waals surface area contributed by atoms with Crippen LogP contribution < -0.4 is 18.9 Å². The third-order valence-electron chi connectivity index (χ3n) is 5.34. The van der Waals surface area contributed by atoms with Crippen LogP contribution in [0.15, 0.2) is 71.9 Å². The van der Waals surface area contributed by atoms with Crippen molar-refractivity contribution in [1.82, 2.24) is 14.8 Å². The second-order valence-corrected chi connectivity index (χ2v) is 8.26. The molecule has 34 heavy (non-hydrogen) atoms. The lowest BCUT2D eigenvalue weighted by Crippen LogP contribution is -2.05. The Balaban J connectivity index is 1.48. The van der Waals surface area contributed by atoms with E-state index in [-0.39, 0.29) is 18.3 Å². The van der Waals surface area contributed by atoms with E-state index in [9.17, 15) is 4.79 Å². The van der Waals surface area contributed by atoms with E-state index in [1.165, 1.54) is 11.8 Å². The topological polar surface area (TPSA) is 84.7 Å². The lowest BCUT2D eigenvalue weighted by atomic mass is 10.1. The van der Waals surface area contributed by atoms with E-state index in [4.69, 9.17) is 18.9 Å². The Morgan fingerprint density at radius 3 is 2.56 bits per heavy atom. The van der Waals surface area contributed by atoms with Crippen LogP contribution in [-0.4, -0.2) is 47.3 Å². The second kappa shape index (κ2) is 9.48. The molecule has 1 aromatic heterocycles. The maximum atomic E-state index is 12.9. The zero-order chi connectivity index (χ0) is 23.5. The van der Waals surface area contributed by atoms with Crippen molar-refractivity contribution in [1.29, 1.82) is 0 Å². The number of ketones is 1. The molecule has 0 saturated carbocycles. The summed E-state index contributed by atoms with van der Waals surface area (Å²) in [6.07, 6.45) is 0. The van der Waals surface area contributed by atoms with Gasteiger partial charge in [0.1, 0.15) is 11.5 Å². The Morgan fingerprint density at radius 1 is 0.971 bits per heavy atom. The molecule has 4 aromatic rings. The van der Waals surface area contributed by atoms with Crippen molar-refractivity contribution in [2.75, 3.05) is 26.8 Å². The summed E-state index contributed by atoms with van der Waals surface area (Å²) >= 11 is 1.31. The van der Waals surface area contributed by atoms with Crippen LogP contribution in [0.4, 0.5) is 0 Å². The van der Waals surface area contributed by atoms with Gasteiger partial charge in [-0.15, -0.1) is 10.2 Å². The zero-order valence-electron chi connectivity index (χ0n) is 18.6. The number of methoxy groups -OCH3 is 2. The number of carbonyl (C=O) groups excluding carboxylic acids is 1. The van der Waals surface area contributed by atoms with Gasteiger partial charge >= 0.3 is 0 Å². The molecule has 1 aliphatic heterocycles. The molecule has 172 valence electrons. The third-order valence-corrected chi connectivity index (χ3v) is 6.27. The van der Waals surface area contributed by atoms with Crippen LogP contribution in [0.2, 0.25) is 0 Å². The Morgan fingerprint density at radius 2 is 1.76 bits per heavy atom. The van der Waals surface area contributed by atoms with Crippen molar-refractivity contribution in [3.63, 3.8) is 0 Å². The van der Waals surface area contributed by atoms with E-state index in [1.807, 2.05) is 53.1 Å². The summed E-state index contributed by atoms with van der Waals surface area (Å²) in [5, 5.41) is 9.43. The molecule has 0 radical (unpaired) electrons. The fourth-order valence-electron chi connectivity index (χ4n) is 3.61. The highest BCUT2D eigenvalue weighted by Crippen LogP contribution is 2.35. The van der Waals surface area contributed by atoms with E-state index >= 15 is 0 Å². The highest BCUT2D eigenvalue weighted by Gasteiger charge is 2.21. The van der Waals surface area contributed by atoms with Crippen molar-refractivity contribution in [3.05, 3.63) is 72.3 Å². The van der Waals surface area contributed by atoms with Gasteiger partial charge in [-0.1, -0.05) is 23.9 Å². The van der Waals surface area contributed by atoms with Gasteiger partial charge in [-0.3, -0.25) is 9.36 Å². The molecular formula is C25H21N3O5S. The van der Waals surface area contributed by atoms with Crippen molar-refractivity contribution in [2.24, 2.45) is 0 Å². The molecule has 0 unspecified atom stereocenters. The number of carbonyl (C=O) groups is 1. The standard InChI is InChI=1S/C25H21N3O5S/c1-30-18-10-8-17(9-11-18)28-24(19-5-3-4-6-21(19)31-2)26-27-25(28)34-14-20(29)16-7-12-22-23(13-16)33-15-32-22/h3-13H,14-15H2,1-2H3. The number of para-hydroxylation sites is 1. The first-order valence-corrected chi connectivity index (χ1v) is 11.5. The van der Waals surface area contributed by atoms with Gasteiger partial charge in [0.05, 0.1) is 31.2 Å². The molecule has 0 spiro atoms. The molecule has 3 aromatic carbocycles.